The van der Waals surface area contributed by atoms with Crippen LogP contribution >= 0.6 is 0 Å². The molecule has 0 aliphatic carbocycles. The molecule has 1 saturated heterocycles. The Bertz CT molecular complexity index is 770. The normalized spacial score (nSPS) is 26.4. The minimum Gasteiger partial charge on any atom is -0.479 e. The van der Waals surface area contributed by atoms with Gasteiger partial charge in [-0.05, 0) is 24.6 Å². The second-order valence-electron chi connectivity index (χ2n) is 6.63. The van der Waals surface area contributed by atoms with E-state index in [1.54, 1.807) is 19.1 Å². The fourth-order valence-corrected chi connectivity index (χ4v) is 2.68. The van der Waals surface area contributed by atoms with E-state index in [0.29, 0.717) is 0 Å². The lowest BCUT2D eigenvalue weighted by Crippen LogP contribution is -2.61. The molecule has 0 unspecified atom stereocenters. The Morgan fingerprint density at radius 3 is 2.45 bits per heavy atom. The van der Waals surface area contributed by atoms with Crippen LogP contribution in [0.25, 0.3) is 0 Å². The Morgan fingerprint density at radius 2 is 1.83 bits per heavy atom. The Balaban J connectivity index is 2.14. The van der Waals surface area contributed by atoms with Gasteiger partial charge in [0.1, 0.15) is 24.1 Å². The summed E-state index contributed by atoms with van der Waals surface area (Å²) in [5.74, 6) is -2.17. The van der Waals surface area contributed by atoms with Crippen LogP contribution in [0, 0.1) is 6.92 Å². The predicted octanol–water partition coefficient (Wildman–Crippen LogP) is -1.27. The van der Waals surface area contributed by atoms with E-state index in [0.717, 1.165) is 5.56 Å². The molecule has 1 fully saturated rings. The van der Waals surface area contributed by atoms with Crippen molar-refractivity contribution < 1.29 is 44.3 Å². The SMILES string of the molecule is CC(=O)NCCC(=O)Nc1cc(C)ccc1O[C@@H]1O[C@H](C(=O)O)[C@@H](O)[C@H](O)[C@H]1O. The van der Waals surface area contributed by atoms with Gasteiger partial charge in [-0.3, -0.25) is 9.59 Å². The average molecular weight is 412 g/mol. The molecule has 160 valence electrons. The number of hydrogen-bond donors (Lipinski definition) is 6. The highest BCUT2D eigenvalue weighted by molar-refractivity contribution is 5.92. The summed E-state index contributed by atoms with van der Waals surface area (Å²) in [4.78, 5) is 34.2. The zero-order valence-electron chi connectivity index (χ0n) is 15.9. The maximum absolute atomic E-state index is 12.1. The van der Waals surface area contributed by atoms with Gasteiger partial charge in [0.05, 0.1) is 5.69 Å². The maximum Gasteiger partial charge on any atom is 0.335 e. The van der Waals surface area contributed by atoms with Gasteiger partial charge >= 0.3 is 5.97 Å². The summed E-state index contributed by atoms with van der Waals surface area (Å²) < 4.78 is 10.6. The summed E-state index contributed by atoms with van der Waals surface area (Å²) in [6, 6.07) is 4.71. The zero-order valence-corrected chi connectivity index (χ0v) is 15.9. The first kappa shape index (κ1) is 22.6. The number of aryl methyl sites for hydroxylation is 1. The first-order chi connectivity index (χ1) is 13.6. The van der Waals surface area contributed by atoms with Crippen molar-refractivity contribution in [3.05, 3.63) is 23.8 Å². The Kier molecular flexibility index (Phi) is 7.51. The molecule has 2 rings (SSSR count). The Labute approximate surface area is 166 Å². The number of hydrogen-bond acceptors (Lipinski definition) is 8. The van der Waals surface area contributed by atoms with Crippen molar-refractivity contribution in [2.24, 2.45) is 0 Å². The summed E-state index contributed by atoms with van der Waals surface area (Å²) >= 11 is 0. The molecule has 5 atom stereocenters. The first-order valence-corrected chi connectivity index (χ1v) is 8.84. The molecule has 11 nitrogen and oxygen atoms in total. The summed E-state index contributed by atoms with van der Waals surface area (Å²) in [5, 5.41) is 43.9. The molecular weight excluding hydrogens is 388 g/mol. The van der Waals surface area contributed by atoms with E-state index in [2.05, 4.69) is 10.6 Å². The van der Waals surface area contributed by atoms with Crippen LogP contribution in [-0.2, 0) is 19.1 Å². The lowest BCUT2D eigenvalue weighted by Gasteiger charge is -2.38. The van der Waals surface area contributed by atoms with Crippen LogP contribution in [0.4, 0.5) is 5.69 Å². The molecule has 1 aliphatic rings. The van der Waals surface area contributed by atoms with Gasteiger partial charge in [-0.1, -0.05) is 6.07 Å². The summed E-state index contributed by atoms with van der Waals surface area (Å²) in [7, 11) is 0. The minimum absolute atomic E-state index is 0.00150. The molecule has 1 aromatic rings. The number of aliphatic carboxylic acids is 1. The van der Waals surface area contributed by atoms with Crippen molar-refractivity contribution in [2.75, 3.05) is 11.9 Å². The van der Waals surface area contributed by atoms with Crippen LogP contribution in [0.15, 0.2) is 18.2 Å². The molecule has 1 aliphatic heterocycles. The van der Waals surface area contributed by atoms with Gasteiger partial charge in [0, 0.05) is 19.9 Å². The molecule has 0 spiro atoms. The smallest absolute Gasteiger partial charge is 0.335 e. The third kappa shape index (κ3) is 5.87. The van der Waals surface area contributed by atoms with Crippen LogP contribution in [0.1, 0.15) is 18.9 Å². The van der Waals surface area contributed by atoms with Gasteiger partial charge in [-0.25, -0.2) is 4.79 Å². The van der Waals surface area contributed by atoms with Crippen LogP contribution in [0.3, 0.4) is 0 Å². The van der Waals surface area contributed by atoms with E-state index in [9.17, 15) is 29.7 Å². The van der Waals surface area contributed by atoms with Gasteiger partial charge in [-0.15, -0.1) is 0 Å². The Hall–Kier alpha value is -2.73. The van der Waals surface area contributed by atoms with Gasteiger partial charge in [0.15, 0.2) is 6.10 Å². The molecule has 1 heterocycles. The summed E-state index contributed by atoms with van der Waals surface area (Å²) in [6.07, 6.45) is -8.79. The van der Waals surface area contributed by atoms with Gasteiger partial charge < -0.3 is 40.5 Å². The highest BCUT2D eigenvalue weighted by atomic mass is 16.7. The summed E-state index contributed by atoms with van der Waals surface area (Å²) in [5.41, 5.74) is 1.000. The van der Waals surface area contributed by atoms with Gasteiger partial charge in [0.2, 0.25) is 18.1 Å². The third-order valence-corrected chi connectivity index (χ3v) is 4.19. The fraction of sp³-hybridized carbons (Fsp3) is 0.500. The van der Waals surface area contributed by atoms with E-state index >= 15 is 0 Å². The number of benzene rings is 1. The number of anilines is 1. The average Bonchev–Trinajstić information content (AvgIpc) is 2.63. The highest BCUT2D eigenvalue weighted by Gasteiger charge is 2.48. The van der Waals surface area contributed by atoms with Crippen LogP contribution < -0.4 is 15.4 Å². The molecule has 1 aromatic carbocycles. The third-order valence-electron chi connectivity index (χ3n) is 4.19. The van der Waals surface area contributed by atoms with E-state index in [-0.39, 0.29) is 30.3 Å². The standard InChI is InChI=1S/C18H24N2O9/c1-8-3-4-11(10(7-8)20-12(22)5-6-19-9(2)21)28-18-15(25)13(23)14(24)16(29-18)17(26)27/h3-4,7,13-16,18,23-25H,5-6H2,1-2H3,(H,19,21)(H,20,22)(H,26,27)/t13-,14-,15+,16-,18+/m0/s1. The summed E-state index contributed by atoms with van der Waals surface area (Å²) in [6.45, 7) is 3.23. The monoisotopic (exact) mass is 412 g/mol. The molecule has 29 heavy (non-hydrogen) atoms. The van der Waals surface area contributed by atoms with Crippen molar-refractivity contribution in [2.45, 2.75) is 51.0 Å². The minimum atomic E-state index is -1.84. The number of aliphatic hydroxyl groups excluding tert-OH is 3. The van der Waals surface area contributed by atoms with E-state index < -0.39 is 42.6 Å². The van der Waals surface area contributed by atoms with Crippen molar-refractivity contribution in [1.29, 1.82) is 0 Å². The second-order valence-corrected chi connectivity index (χ2v) is 6.63. The van der Waals surface area contributed by atoms with E-state index in [4.69, 9.17) is 14.6 Å². The zero-order chi connectivity index (χ0) is 21.7. The van der Waals surface area contributed by atoms with Crippen molar-refractivity contribution in [3.63, 3.8) is 0 Å². The number of carbonyl (C=O) groups excluding carboxylic acids is 2. The lowest BCUT2D eigenvalue weighted by molar-refractivity contribution is -0.271. The highest BCUT2D eigenvalue weighted by Crippen LogP contribution is 2.30. The molecule has 0 saturated carbocycles. The number of rotatable bonds is 7. The number of nitrogens with one attached hydrogen (secondary N) is 2. The Morgan fingerprint density at radius 1 is 1.14 bits per heavy atom. The number of aliphatic hydroxyl groups is 3. The van der Waals surface area contributed by atoms with Crippen molar-refractivity contribution in [1.82, 2.24) is 5.32 Å². The van der Waals surface area contributed by atoms with Gasteiger partial charge in [0.25, 0.3) is 0 Å². The second kappa shape index (κ2) is 9.65. The topological polar surface area (TPSA) is 175 Å². The molecule has 11 heteroatoms. The number of carbonyl (C=O) groups is 3. The molecule has 0 bridgehead atoms. The molecule has 6 N–H and O–H groups in total. The fourth-order valence-electron chi connectivity index (χ4n) is 2.68. The van der Waals surface area contributed by atoms with E-state index in [1.807, 2.05) is 0 Å². The van der Waals surface area contributed by atoms with Crippen LogP contribution in [-0.4, -0.2) is 75.5 Å². The lowest BCUT2D eigenvalue weighted by atomic mass is 9.99. The molecular formula is C18H24N2O9. The van der Waals surface area contributed by atoms with Crippen LogP contribution in [0.5, 0.6) is 5.75 Å². The predicted molar refractivity (Wildman–Crippen MR) is 98.1 cm³/mol. The van der Waals surface area contributed by atoms with Crippen LogP contribution in [0.2, 0.25) is 0 Å². The van der Waals surface area contributed by atoms with Crippen molar-refractivity contribution >= 4 is 23.5 Å². The molecule has 2 amide bonds. The first-order valence-electron chi connectivity index (χ1n) is 8.84. The number of carboxylic acids is 1. The molecule has 0 radical (unpaired) electrons. The number of ether oxygens (including phenoxy) is 2. The largest absolute Gasteiger partial charge is 0.479 e. The maximum atomic E-state index is 12.1. The van der Waals surface area contributed by atoms with Gasteiger partial charge in [-0.2, -0.15) is 0 Å². The van der Waals surface area contributed by atoms with Crippen molar-refractivity contribution in [3.8, 4) is 5.75 Å². The number of amides is 2. The molecule has 0 aromatic heterocycles. The quantitative estimate of drug-likeness (QED) is 0.319. The van der Waals surface area contributed by atoms with E-state index in [1.165, 1.54) is 13.0 Å². The number of carboxylic acid groups (broad SMARTS) is 1.